The number of carbonyl (C=O) groups is 2. The summed E-state index contributed by atoms with van der Waals surface area (Å²) in [5.74, 6) is -0.656. The third kappa shape index (κ3) is 4.29. The van der Waals surface area contributed by atoms with Crippen molar-refractivity contribution in [1.82, 2.24) is 9.80 Å². The Morgan fingerprint density at radius 3 is 2.50 bits per heavy atom. The molecule has 1 aliphatic heterocycles. The molecule has 1 fully saturated rings. The van der Waals surface area contributed by atoms with Gasteiger partial charge in [0.25, 0.3) is 0 Å². The van der Waals surface area contributed by atoms with Crippen molar-refractivity contribution in [2.45, 2.75) is 45.6 Å². The van der Waals surface area contributed by atoms with Crippen molar-refractivity contribution in [3.8, 4) is 0 Å². The molecule has 104 valence electrons. The van der Waals surface area contributed by atoms with Crippen LogP contribution in [-0.2, 0) is 9.59 Å². The minimum Gasteiger partial charge on any atom is -0.480 e. The van der Waals surface area contributed by atoms with Gasteiger partial charge in [0.05, 0.1) is 0 Å². The summed E-state index contributed by atoms with van der Waals surface area (Å²) in [5.41, 5.74) is 0. The highest BCUT2D eigenvalue weighted by molar-refractivity contribution is 5.74. The second-order valence-electron chi connectivity index (χ2n) is 4.89. The first-order valence-electron chi connectivity index (χ1n) is 6.78. The van der Waals surface area contributed by atoms with E-state index in [0.29, 0.717) is 19.5 Å². The molecule has 0 aromatic carbocycles. The lowest BCUT2D eigenvalue weighted by atomic mass is 10.1. The van der Waals surface area contributed by atoms with E-state index in [1.165, 1.54) is 0 Å². The van der Waals surface area contributed by atoms with Crippen LogP contribution >= 0.6 is 0 Å². The van der Waals surface area contributed by atoms with Crippen LogP contribution in [0.15, 0.2) is 0 Å². The summed E-state index contributed by atoms with van der Waals surface area (Å²) in [4.78, 5) is 26.5. The smallest absolute Gasteiger partial charge is 0.320 e. The Morgan fingerprint density at radius 1 is 1.22 bits per heavy atom. The molecule has 0 radical (unpaired) electrons. The number of hydrogen-bond acceptors (Lipinski definition) is 3. The molecular weight excluding hydrogens is 232 g/mol. The summed E-state index contributed by atoms with van der Waals surface area (Å²) in [6.07, 6.45) is 3.50. The van der Waals surface area contributed by atoms with E-state index in [4.69, 9.17) is 0 Å². The largest absolute Gasteiger partial charge is 0.480 e. The Morgan fingerprint density at radius 2 is 1.94 bits per heavy atom. The zero-order chi connectivity index (χ0) is 13.5. The Bertz CT molecular complexity index is 294. The van der Waals surface area contributed by atoms with Crippen molar-refractivity contribution >= 4 is 11.9 Å². The van der Waals surface area contributed by atoms with Crippen molar-refractivity contribution < 1.29 is 14.7 Å². The molecule has 0 bridgehead atoms. The van der Waals surface area contributed by atoms with Crippen molar-refractivity contribution in [3.63, 3.8) is 0 Å². The van der Waals surface area contributed by atoms with E-state index >= 15 is 0 Å². The molecule has 1 N–H and O–H groups in total. The van der Waals surface area contributed by atoms with E-state index in [0.717, 1.165) is 32.4 Å². The van der Waals surface area contributed by atoms with Gasteiger partial charge in [0.2, 0.25) is 5.91 Å². The minimum absolute atomic E-state index is 0.0808. The minimum atomic E-state index is -0.736. The topological polar surface area (TPSA) is 60.9 Å². The molecule has 1 saturated heterocycles. The van der Waals surface area contributed by atoms with E-state index in [1.54, 1.807) is 11.8 Å². The van der Waals surface area contributed by atoms with Crippen LogP contribution in [0.3, 0.4) is 0 Å². The SMILES string of the molecule is CCCCC(C(=O)O)N1CCCN(C(C)=O)CC1. The van der Waals surface area contributed by atoms with Crippen LogP contribution in [0.5, 0.6) is 0 Å². The molecule has 1 aliphatic rings. The van der Waals surface area contributed by atoms with Crippen LogP contribution < -0.4 is 0 Å². The number of amides is 1. The van der Waals surface area contributed by atoms with Crippen molar-refractivity contribution in [1.29, 1.82) is 0 Å². The molecule has 5 heteroatoms. The van der Waals surface area contributed by atoms with Crippen LogP contribution in [0.25, 0.3) is 0 Å². The number of hydrogen-bond donors (Lipinski definition) is 1. The molecule has 1 unspecified atom stereocenters. The van der Waals surface area contributed by atoms with Gasteiger partial charge in [-0.2, -0.15) is 0 Å². The fourth-order valence-corrected chi connectivity index (χ4v) is 2.42. The summed E-state index contributed by atoms with van der Waals surface area (Å²) < 4.78 is 0. The molecule has 18 heavy (non-hydrogen) atoms. The van der Waals surface area contributed by atoms with Gasteiger partial charge in [-0.15, -0.1) is 0 Å². The normalized spacial score (nSPS) is 19.3. The lowest BCUT2D eigenvalue weighted by Crippen LogP contribution is -2.43. The average Bonchev–Trinajstić information content (AvgIpc) is 2.55. The zero-order valence-corrected chi connectivity index (χ0v) is 11.4. The summed E-state index contributed by atoms with van der Waals surface area (Å²) in [7, 11) is 0. The summed E-state index contributed by atoms with van der Waals surface area (Å²) in [6.45, 7) is 6.46. The molecule has 0 aliphatic carbocycles. The first kappa shape index (κ1) is 15.0. The maximum absolute atomic E-state index is 11.3. The van der Waals surface area contributed by atoms with Gasteiger partial charge < -0.3 is 10.0 Å². The third-order valence-electron chi connectivity index (χ3n) is 3.53. The fraction of sp³-hybridized carbons (Fsp3) is 0.846. The predicted molar refractivity (Wildman–Crippen MR) is 69.4 cm³/mol. The van der Waals surface area contributed by atoms with E-state index in [2.05, 4.69) is 6.92 Å². The highest BCUT2D eigenvalue weighted by Crippen LogP contribution is 2.13. The number of nitrogens with zero attached hydrogens (tertiary/aromatic N) is 2. The van der Waals surface area contributed by atoms with Gasteiger partial charge >= 0.3 is 5.97 Å². The van der Waals surface area contributed by atoms with Gasteiger partial charge in [0.1, 0.15) is 6.04 Å². The highest BCUT2D eigenvalue weighted by Gasteiger charge is 2.27. The number of carboxylic acid groups (broad SMARTS) is 1. The lowest BCUT2D eigenvalue weighted by Gasteiger charge is -2.27. The second-order valence-corrected chi connectivity index (χ2v) is 4.89. The standard InChI is InChI=1S/C13H24N2O3/c1-3-4-6-12(13(17)18)15-8-5-7-14(9-10-15)11(2)16/h12H,3-10H2,1-2H3,(H,17,18). The number of rotatable bonds is 5. The van der Waals surface area contributed by atoms with E-state index < -0.39 is 12.0 Å². The van der Waals surface area contributed by atoms with Crippen LogP contribution in [-0.4, -0.2) is 59.0 Å². The fourth-order valence-electron chi connectivity index (χ4n) is 2.42. The number of carboxylic acids is 1. The number of unbranched alkanes of at least 4 members (excludes halogenated alkanes) is 1. The molecule has 1 amide bonds. The monoisotopic (exact) mass is 256 g/mol. The number of aliphatic carboxylic acids is 1. The van der Waals surface area contributed by atoms with E-state index in [9.17, 15) is 14.7 Å². The first-order valence-corrected chi connectivity index (χ1v) is 6.78. The maximum Gasteiger partial charge on any atom is 0.320 e. The molecular formula is C13H24N2O3. The highest BCUT2D eigenvalue weighted by atomic mass is 16.4. The molecule has 0 saturated carbocycles. The average molecular weight is 256 g/mol. The Labute approximate surface area is 109 Å². The molecule has 0 aromatic rings. The Kier molecular flexibility index (Phi) is 6.12. The number of carbonyl (C=O) groups excluding carboxylic acids is 1. The van der Waals surface area contributed by atoms with Gasteiger partial charge in [0.15, 0.2) is 0 Å². The van der Waals surface area contributed by atoms with E-state index in [-0.39, 0.29) is 5.91 Å². The van der Waals surface area contributed by atoms with Crippen molar-refractivity contribution in [2.24, 2.45) is 0 Å². The van der Waals surface area contributed by atoms with Crippen molar-refractivity contribution in [3.05, 3.63) is 0 Å². The quantitative estimate of drug-likeness (QED) is 0.802. The van der Waals surface area contributed by atoms with Crippen LogP contribution in [0.2, 0.25) is 0 Å². The molecule has 1 heterocycles. The molecule has 0 aromatic heterocycles. The Hall–Kier alpha value is -1.10. The van der Waals surface area contributed by atoms with Gasteiger partial charge in [-0.25, -0.2) is 0 Å². The summed E-state index contributed by atoms with van der Waals surface area (Å²) in [5, 5.41) is 9.30. The molecule has 1 rings (SSSR count). The van der Waals surface area contributed by atoms with Gasteiger partial charge in [-0.3, -0.25) is 14.5 Å². The van der Waals surface area contributed by atoms with Crippen LogP contribution in [0.1, 0.15) is 39.5 Å². The Balaban J connectivity index is 2.58. The second kappa shape index (κ2) is 7.36. The van der Waals surface area contributed by atoms with Gasteiger partial charge in [-0.05, 0) is 12.8 Å². The first-order chi connectivity index (χ1) is 8.56. The van der Waals surface area contributed by atoms with Gasteiger partial charge in [-0.1, -0.05) is 19.8 Å². The summed E-state index contributed by atoms with van der Waals surface area (Å²) in [6, 6.07) is -0.392. The maximum atomic E-state index is 11.3. The summed E-state index contributed by atoms with van der Waals surface area (Å²) >= 11 is 0. The molecule has 1 atom stereocenters. The zero-order valence-electron chi connectivity index (χ0n) is 11.4. The molecule has 0 spiro atoms. The van der Waals surface area contributed by atoms with Crippen LogP contribution in [0.4, 0.5) is 0 Å². The van der Waals surface area contributed by atoms with Gasteiger partial charge in [0, 0.05) is 33.1 Å². The third-order valence-corrected chi connectivity index (χ3v) is 3.53. The lowest BCUT2D eigenvalue weighted by molar-refractivity contribution is -0.143. The van der Waals surface area contributed by atoms with Crippen LogP contribution in [0, 0.1) is 0 Å². The molecule has 5 nitrogen and oxygen atoms in total. The predicted octanol–water partition coefficient (Wildman–Crippen LogP) is 1.18. The van der Waals surface area contributed by atoms with E-state index in [1.807, 2.05) is 4.90 Å². The van der Waals surface area contributed by atoms with Crippen molar-refractivity contribution in [2.75, 3.05) is 26.2 Å².